The number of hydrogen-bond donors (Lipinski definition) is 2. The summed E-state index contributed by atoms with van der Waals surface area (Å²) >= 11 is 1.46. The highest BCUT2D eigenvalue weighted by Gasteiger charge is 2.27. The zero-order valence-electron chi connectivity index (χ0n) is 13.4. The van der Waals surface area contributed by atoms with E-state index in [1.54, 1.807) is 6.20 Å². The average Bonchev–Trinajstić information content (AvgIpc) is 3.11. The van der Waals surface area contributed by atoms with Crippen LogP contribution < -0.4 is 15.5 Å². The lowest BCUT2D eigenvalue weighted by atomic mass is 10.2. The lowest BCUT2D eigenvalue weighted by molar-refractivity contribution is 0.251. The number of nitrogens with zero attached hydrogens (tertiary/aromatic N) is 4. The number of carbonyl (C=O) groups is 1. The molecule has 1 saturated carbocycles. The van der Waals surface area contributed by atoms with Gasteiger partial charge in [-0.15, -0.1) is 10.2 Å². The SMILES string of the molecule is O=C(NCc1ccnc(N2CCCC2)c1)Nc1nnc(C2CC2)s1. The number of pyridine rings is 1. The van der Waals surface area contributed by atoms with Gasteiger partial charge in [-0.2, -0.15) is 0 Å². The Kier molecular flexibility index (Phi) is 4.29. The Labute approximate surface area is 144 Å². The van der Waals surface area contributed by atoms with Gasteiger partial charge in [0.25, 0.3) is 0 Å². The standard InChI is InChI=1S/C16H20N6OS/c23-15(19-16-21-20-14(24-16)12-3-4-12)18-10-11-5-6-17-13(9-11)22-7-1-2-8-22/h5-6,9,12H,1-4,7-8,10H2,(H2,18,19,21,23). The molecule has 2 N–H and O–H groups in total. The van der Waals surface area contributed by atoms with E-state index in [4.69, 9.17) is 0 Å². The van der Waals surface area contributed by atoms with Crippen LogP contribution in [0, 0.1) is 0 Å². The molecule has 0 aromatic carbocycles. The number of amides is 2. The lowest BCUT2D eigenvalue weighted by Gasteiger charge is -2.16. The highest BCUT2D eigenvalue weighted by atomic mass is 32.1. The van der Waals surface area contributed by atoms with Crippen molar-refractivity contribution in [1.29, 1.82) is 0 Å². The summed E-state index contributed by atoms with van der Waals surface area (Å²) in [5, 5.41) is 15.3. The summed E-state index contributed by atoms with van der Waals surface area (Å²) in [6, 6.07) is 3.71. The quantitative estimate of drug-likeness (QED) is 0.871. The molecule has 0 bridgehead atoms. The molecule has 2 fully saturated rings. The summed E-state index contributed by atoms with van der Waals surface area (Å²) in [5.41, 5.74) is 1.04. The van der Waals surface area contributed by atoms with Crippen molar-refractivity contribution < 1.29 is 4.79 Å². The predicted molar refractivity (Wildman–Crippen MR) is 93.4 cm³/mol. The van der Waals surface area contributed by atoms with Gasteiger partial charge in [-0.05, 0) is 43.4 Å². The molecule has 2 aromatic rings. The molecule has 126 valence electrons. The van der Waals surface area contributed by atoms with E-state index in [1.165, 1.54) is 37.0 Å². The normalized spacial score (nSPS) is 17.1. The third-order valence-electron chi connectivity index (χ3n) is 4.28. The van der Waals surface area contributed by atoms with Crippen molar-refractivity contribution in [2.45, 2.75) is 38.1 Å². The summed E-state index contributed by atoms with van der Waals surface area (Å²) < 4.78 is 0. The van der Waals surface area contributed by atoms with Gasteiger partial charge in [0.05, 0.1) is 0 Å². The second-order valence-electron chi connectivity index (χ2n) is 6.24. The van der Waals surface area contributed by atoms with Crippen LogP contribution in [0.4, 0.5) is 15.7 Å². The highest BCUT2D eigenvalue weighted by Crippen LogP contribution is 2.41. The van der Waals surface area contributed by atoms with Gasteiger partial charge in [0, 0.05) is 31.7 Å². The fraction of sp³-hybridized carbons (Fsp3) is 0.500. The first kappa shape index (κ1) is 15.3. The van der Waals surface area contributed by atoms with Crippen LogP contribution in [0.1, 0.15) is 42.2 Å². The van der Waals surface area contributed by atoms with E-state index >= 15 is 0 Å². The number of hydrogen-bond acceptors (Lipinski definition) is 6. The van der Waals surface area contributed by atoms with Crippen molar-refractivity contribution in [3.8, 4) is 0 Å². The van der Waals surface area contributed by atoms with Gasteiger partial charge in [0.1, 0.15) is 10.8 Å². The van der Waals surface area contributed by atoms with Crippen molar-refractivity contribution in [2.75, 3.05) is 23.3 Å². The van der Waals surface area contributed by atoms with Crippen molar-refractivity contribution in [1.82, 2.24) is 20.5 Å². The second kappa shape index (κ2) is 6.72. The zero-order valence-corrected chi connectivity index (χ0v) is 14.2. The van der Waals surface area contributed by atoms with Crippen LogP contribution in [0.15, 0.2) is 18.3 Å². The molecule has 1 aliphatic carbocycles. The molecule has 0 unspecified atom stereocenters. The summed E-state index contributed by atoms with van der Waals surface area (Å²) in [7, 11) is 0. The van der Waals surface area contributed by atoms with Crippen molar-refractivity contribution in [2.24, 2.45) is 0 Å². The number of anilines is 2. The third-order valence-corrected chi connectivity index (χ3v) is 5.28. The second-order valence-corrected chi connectivity index (χ2v) is 7.25. The van der Waals surface area contributed by atoms with E-state index in [2.05, 4.69) is 30.7 Å². The Morgan fingerprint density at radius 1 is 1.29 bits per heavy atom. The topological polar surface area (TPSA) is 83.0 Å². The van der Waals surface area contributed by atoms with E-state index in [9.17, 15) is 4.79 Å². The minimum Gasteiger partial charge on any atom is -0.357 e. The van der Waals surface area contributed by atoms with Gasteiger partial charge in [-0.25, -0.2) is 9.78 Å². The van der Waals surface area contributed by atoms with Gasteiger partial charge < -0.3 is 10.2 Å². The number of carbonyl (C=O) groups excluding carboxylic acids is 1. The Balaban J connectivity index is 1.30. The minimum absolute atomic E-state index is 0.256. The van der Waals surface area contributed by atoms with E-state index in [0.717, 1.165) is 29.5 Å². The number of aromatic nitrogens is 3. The maximum atomic E-state index is 12.0. The van der Waals surface area contributed by atoms with Crippen LogP contribution in [0.2, 0.25) is 0 Å². The summed E-state index contributed by atoms with van der Waals surface area (Å²) in [4.78, 5) is 18.7. The van der Waals surface area contributed by atoms with Crippen LogP contribution in [0.3, 0.4) is 0 Å². The fourth-order valence-electron chi connectivity index (χ4n) is 2.79. The Bertz CT molecular complexity index is 723. The van der Waals surface area contributed by atoms with Crippen LogP contribution in [0.5, 0.6) is 0 Å². The highest BCUT2D eigenvalue weighted by molar-refractivity contribution is 7.15. The average molecular weight is 344 g/mol. The molecule has 0 radical (unpaired) electrons. The number of urea groups is 1. The summed E-state index contributed by atoms with van der Waals surface area (Å²) in [6.07, 6.45) is 6.61. The van der Waals surface area contributed by atoms with Crippen molar-refractivity contribution >= 4 is 28.3 Å². The predicted octanol–water partition coefficient (Wildman–Crippen LogP) is 2.73. The Hall–Kier alpha value is -2.22. The molecule has 2 aromatic heterocycles. The van der Waals surface area contributed by atoms with E-state index in [1.807, 2.05) is 12.1 Å². The Morgan fingerprint density at radius 2 is 2.12 bits per heavy atom. The molecule has 4 rings (SSSR count). The maximum Gasteiger partial charge on any atom is 0.321 e. The molecule has 1 aliphatic heterocycles. The van der Waals surface area contributed by atoms with Gasteiger partial charge in [0.2, 0.25) is 5.13 Å². The zero-order chi connectivity index (χ0) is 16.4. The number of rotatable bonds is 5. The Morgan fingerprint density at radius 3 is 2.92 bits per heavy atom. The largest absolute Gasteiger partial charge is 0.357 e. The molecular formula is C16H20N6OS. The lowest BCUT2D eigenvalue weighted by Crippen LogP contribution is -2.28. The van der Waals surface area contributed by atoms with Gasteiger partial charge in [-0.1, -0.05) is 11.3 Å². The van der Waals surface area contributed by atoms with Gasteiger partial charge >= 0.3 is 6.03 Å². The monoisotopic (exact) mass is 344 g/mol. The van der Waals surface area contributed by atoms with Crippen LogP contribution in [-0.4, -0.2) is 34.3 Å². The van der Waals surface area contributed by atoms with E-state index < -0.39 is 0 Å². The summed E-state index contributed by atoms with van der Waals surface area (Å²) in [5.74, 6) is 1.55. The van der Waals surface area contributed by atoms with Gasteiger partial charge in [-0.3, -0.25) is 5.32 Å². The smallest absolute Gasteiger partial charge is 0.321 e. The summed E-state index contributed by atoms with van der Waals surface area (Å²) in [6.45, 7) is 2.58. The molecule has 3 heterocycles. The fourth-order valence-corrected chi connectivity index (χ4v) is 3.70. The number of nitrogens with one attached hydrogen (secondary N) is 2. The molecular weight excluding hydrogens is 324 g/mol. The molecule has 1 saturated heterocycles. The first-order valence-electron chi connectivity index (χ1n) is 8.36. The van der Waals surface area contributed by atoms with Crippen LogP contribution in [0.25, 0.3) is 0 Å². The van der Waals surface area contributed by atoms with E-state index in [0.29, 0.717) is 17.6 Å². The van der Waals surface area contributed by atoms with Crippen LogP contribution in [-0.2, 0) is 6.54 Å². The van der Waals surface area contributed by atoms with E-state index in [-0.39, 0.29) is 6.03 Å². The molecule has 0 spiro atoms. The molecule has 24 heavy (non-hydrogen) atoms. The third kappa shape index (κ3) is 3.64. The van der Waals surface area contributed by atoms with Crippen LogP contribution >= 0.6 is 11.3 Å². The molecule has 2 aliphatic rings. The first-order valence-corrected chi connectivity index (χ1v) is 9.18. The molecule has 7 nitrogen and oxygen atoms in total. The van der Waals surface area contributed by atoms with Gasteiger partial charge in [0.15, 0.2) is 0 Å². The molecule has 8 heteroatoms. The molecule has 0 atom stereocenters. The van der Waals surface area contributed by atoms with Crippen molar-refractivity contribution in [3.63, 3.8) is 0 Å². The maximum absolute atomic E-state index is 12.0. The minimum atomic E-state index is -0.256. The molecule has 2 amide bonds. The first-order chi connectivity index (χ1) is 11.8. The van der Waals surface area contributed by atoms with Crippen molar-refractivity contribution in [3.05, 3.63) is 28.9 Å².